The van der Waals surface area contributed by atoms with E-state index in [1.54, 1.807) is 24.3 Å². The van der Waals surface area contributed by atoms with Crippen LogP contribution in [-0.4, -0.2) is 34.6 Å². The highest BCUT2D eigenvalue weighted by atomic mass is 19.4. The van der Waals surface area contributed by atoms with E-state index in [1.165, 1.54) is 16.8 Å². The van der Waals surface area contributed by atoms with Gasteiger partial charge in [-0.3, -0.25) is 19.1 Å². The lowest BCUT2D eigenvalue weighted by Gasteiger charge is -2.10. The smallest absolute Gasteiger partial charge is 0.456 e. The summed E-state index contributed by atoms with van der Waals surface area (Å²) in [5, 5.41) is 6.85. The van der Waals surface area contributed by atoms with Crippen molar-refractivity contribution in [2.45, 2.75) is 19.3 Å². The molecular formula is C20H16F3N3O5. The average molecular weight is 435 g/mol. The summed E-state index contributed by atoms with van der Waals surface area (Å²) in [6.45, 7) is -0.431. The Morgan fingerprint density at radius 2 is 1.77 bits per heavy atom. The molecule has 0 saturated carbocycles. The molecule has 0 aliphatic carbocycles. The quantitative estimate of drug-likeness (QED) is 0.573. The summed E-state index contributed by atoms with van der Waals surface area (Å²) in [6, 6.07) is 11.3. The lowest BCUT2D eigenvalue weighted by atomic mass is 10.2. The zero-order valence-corrected chi connectivity index (χ0v) is 15.9. The minimum atomic E-state index is -4.81. The van der Waals surface area contributed by atoms with Crippen LogP contribution in [0.25, 0.3) is 10.9 Å². The van der Waals surface area contributed by atoms with E-state index in [9.17, 15) is 27.6 Å². The van der Waals surface area contributed by atoms with Crippen molar-refractivity contribution in [1.29, 1.82) is 0 Å². The third kappa shape index (κ3) is 6.29. The third-order valence-corrected chi connectivity index (χ3v) is 4.03. The van der Waals surface area contributed by atoms with E-state index in [4.69, 9.17) is 4.74 Å². The fourth-order valence-corrected chi connectivity index (χ4v) is 2.69. The van der Waals surface area contributed by atoms with Crippen LogP contribution in [0.1, 0.15) is 6.42 Å². The first-order valence-corrected chi connectivity index (χ1v) is 8.97. The van der Waals surface area contributed by atoms with Gasteiger partial charge in [-0.05, 0) is 36.4 Å². The average Bonchev–Trinajstić information content (AvgIpc) is 2.72. The van der Waals surface area contributed by atoms with Crippen LogP contribution in [0.3, 0.4) is 0 Å². The molecule has 1 N–H and O–H groups in total. The summed E-state index contributed by atoms with van der Waals surface area (Å²) in [4.78, 5) is 35.6. The molecule has 162 valence electrons. The summed E-state index contributed by atoms with van der Waals surface area (Å²) < 4.78 is 46.5. The van der Waals surface area contributed by atoms with Gasteiger partial charge in [0.25, 0.3) is 5.91 Å². The van der Waals surface area contributed by atoms with Gasteiger partial charge in [-0.2, -0.15) is 5.10 Å². The largest absolute Gasteiger partial charge is 0.573 e. The van der Waals surface area contributed by atoms with Crippen molar-refractivity contribution in [2.24, 2.45) is 0 Å². The van der Waals surface area contributed by atoms with Gasteiger partial charge < -0.3 is 14.8 Å². The summed E-state index contributed by atoms with van der Waals surface area (Å²) in [5.41, 5.74) is 0.544. The summed E-state index contributed by atoms with van der Waals surface area (Å²) in [7, 11) is 0. The molecule has 0 aliphatic heterocycles. The number of benzene rings is 2. The molecule has 2 aromatic carbocycles. The van der Waals surface area contributed by atoms with Gasteiger partial charge in [0, 0.05) is 11.1 Å². The maximum Gasteiger partial charge on any atom is 0.573 e. The van der Waals surface area contributed by atoms with E-state index in [0.717, 1.165) is 18.3 Å². The van der Waals surface area contributed by atoms with Crippen LogP contribution in [0, 0.1) is 0 Å². The zero-order chi connectivity index (χ0) is 22.4. The van der Waals surface area contributed by atoms with Crippen molar-refractivity contribution in [2.75, 3.05) is 11.9 Å². The topological polar surface area (TPSA) is 99.5 Å². The van der Waals surface area contributed by atoms with E-state index in [2.05, 4.69) is 15.2 Å². The van der Waals surface area contributed by atoms with Gasteiger partial charge in [0.05, 0.1) is 24.7 Å². The van der Waals surface area contributed by atoms with Gasteiger partial charge in [0.2, 0.25) is 5.43 Å². The number of carbonyl (C=O) groups is 2. The van der Waals surface area contributed by atoms with Crippen LogP contribution in [0.2, 0.25) is 0 Å². The van der Waals surface area contributed by atoms with Gasteiger partial charge in [0.1, 0.15) is 5.75 Å². The Morgan fingerprint density at radius 3 is 2.48 bits per heavy atom. The Labute approximate surface area is 173 Å². The first-order chi connectivity index (χ1) is 14.7. The number of alkyl halides is 3. The Bertz CT molecular complexity index is 1140. The maximum absolute atomic E-state index is 12.1. The van der Waals surface area contributed by atoms with Gasteiger partial charge in [0.15, 0.2) is 6.61 Å². The number of para-hydroxylation sites is 1. The Kier molecular flexibility index (Phi) is 6.53. The van der Waals surface area contributed by atoms with E-state index in [1.807, 2.05) is 0 Å². The number of hydrogen-bond donors (Lipinski definition) is 1. The molecule has 0 saturated heterocycles. The standard InChI is InChI=1S/C20H16F3N3O5/c21-20(22,23)31-14-7-5-13(6-8-14)25-18(28)12-30-19(29)9-10-26-16-4-2-1-3-15(16)17(27)11-24-26/h1-8,11H,9-10,12H2,(H,25,28). The number of amides is 1. The highest BCUT2D eigenvalue weighted by Gasteiger charge is 2.30. The number of halogens is 3. The minimum Gasteiger partial charge on any atom is -0.456 e. The molecule has 0 atom stereocenters. The number of nitrogens with one attached hydrogen (secondary N) is 1. The highest BCUT2D eigenvalue weighted by molar-refractivity contribution is 5.92. The second-order valence-corrected chi connectivity index (χ2v) is 6.28. The number of aryl methyl sites for hydroxylation is 1. The fourth-order valence-electron chi connectivity index (χ4n) is 2.69. The number of rotatable bonds is 7. The van der Waals surface area contributed by atoms with Crippen LogP contribution in [-0.2, 0) is 20.9 Å². The van der Waals surface area contributed by atoms with Gasteiger partial charge >= 0.3 is 12.3 Å². The first kappa shape index (κ1) is 21.8. The second-order valence-electron chi connectivity index (χ2n) is 6.28. The number of anilines is 1. The molecule has 0 radical (unpaired) electrons. The summed E-state index contributed by atoms with van der Waals surface area (Å²) in [5.74, 6) is -1.75. The van der Waals surface area contributed by atoms with E-state index in [-0.39, 0.29) is 24.1 Å². The lowest BCUT2D eigenvalue weighted by molar-refractivity contribution is -0.274. The molecule has 31 heavy (non-hydrogen) atoms. The number of esters is 1. The SMILES string of the molecule is O=C(COC(=O)CCn1ncc(=O)c2ccccc21)Nc1ccc(OC(F)(F)F)cc1. The monoisotopic (exact) mass is 435 g/mol. The number of hydrogen-bond acceptors (Lipinski definition) is 6. The molecule has 8 nitrogen and oxygen atoms in total. The normalized spacial score (nSPS) is 11.2. The molecule has 0 spiro atoms. The number of carbonyl (C=O) groups excluding carboxylic acids is 2. The van der Waals surface area contributed by atoms with Crippen molar-refractivity contribution in [3.63, 3.8) is 0 Å². The van der Waals surface area contributed by atoms with Crippen LogP contribution < -0.4 is 15.5 Å². The molecule has 3 rings (SSSR count). The van der Waals surface area contributed by atoms with Gasteiger partial charge in [-0.1, -0.05) is 12.1 Å². The molecule has 0 aliphatic rings. The van der Waals surface area contributed by atoms with Crippen molar-refractivity contribution in [3.05, 3.63) is 65.0 Å². The Balaban J connectivity index is 1.47. The number of fused-ring (bicyclic) bond motifs is 1. The molecule has 0 unspecified atom stereocenters. The molecular weight excluding hydrogens is 419 g/mol. The van der Waals surface area contributed by atoms with E-state index < -0.39 is 30.6 Å². The number of nitrogens with zero attached hydrogens (tertiary/aromatic N) is 2. The Morgan fingerprint density at radius 1 is 1.06 bits per heavy atom. The Hall–Kier alpha value is -3.89. The first-order valence-electron chi connectivity index (χ1n) is 8.97. The molecule has 1 aromatic heterocycles. The van der Waals surface area contributed by atoms with E-state index >= 15 is 0 Å². The highest BCUT2D eigenvalue weighted by Crippen LogP contribution is 2.23. The van der Waals surface area contributed by atoms with Gasteiger partial charge in [-0.25, -0.2) is 0 Å². The number of aromatic nitrogens is 2. The second kappa shape index (κ2) is 9.28. The van der Waals surface area contributed by atoms with Crippen LogP contribution in [0.15, 0.2) is 59.5 Å². The predicted molar refractivity (Wildman–Crippen MR) is 103 cm³/mol. The van der Waals surface area contributed by atoms with Crippen molar-refractivity contribution >= 4 is 28.5 Å². The van der Waals surface area contributed by atoms with Crippen molar-refractivity contribution in [3.8, 4) is 5.75 Å². The van der Waals surface area contributed by atoms with Crippen molar-refractivity contribution in [1.82, 2.24) is 9.78 Å². The molecule has 3 aromatic rings. The minimum absolute atomic E-state index is 0.0867. The van der Waals surface area contributed by atoms with Crippen LogP contribution in [0.4, 0.5) is 18.9 Å². The summed E-state index contributed by atoms with van der Waals surface area (Å²) in [6.07, 6.45) is -3.74. The van der Waals surface area contributed by atoms with E-state index in [0.29, 0.717) is 10.9 Å². The molecule has 1 heterocycles. The molecule has 1 amide bonds. The number of ether oxygens (including phenoxy) is 2. The fraction of sp³-hybridized carbons (Fsp3) is 0.200. The predicted octanol–water partition coefficient (Wildman–Crippen LogP) is 2.87. The van der Waals surface area contributed by atoms with Gasteiger partial charge in [-0.15, -0.1) is 13.2 Å². The lowest BCUT2D eigenvalue weighted by Crippen LogP contribution is -2.22. The summed E-state index contributed by atoms with van der Waals surface area (Å²) >= 11 is 0. The van der Waals surface area contributed by atoms with Crippen LogP contribution in [0.5, 0.6) is 5.75 Å². The van der Waals surface area contributed by atoms with Crippen molar-refractivity contribution < 1.29 is 32.2 Å². The molecule has 0 bridgehead atoms. The third-order valence-electron chi connectivity index (χ3n) is 4.03. The zero-order valence-electron chi connectivity index (χ0n) is 15.9. The molecule has 11 heteroatoms. The maximum atomic E-state index is 12.1. The van der Waals surface area contributed by atoms with Crippen LogP contribution >= 0.6 is 0 Å². The molecule has 0 fully saturated rings.